The topological polar surface area (TPSA) is 84.6 Å². The van der Waals surface area contributed by atoms with E-state index in [0.29, 0.717) is 17.9 Å². The van der Waals surface area contributed by atoms with Crippen LogP contribution in [0.5, 0.6) is 5.75 Å². The van der Waals surface area contributed by atoms with Gasteiger partial charge in [0.15, 0.2) is 0 Å². The van der Waals surface area contributed by atoms with Crippen LogP contribution in [-0.2, 0) is 11.4 Å². The lowest BCUT2D eigenvalue weighted by Crippen LogP contribution is -2.49. The molecule has 0 fully saturated rings. The summed E-state index contributed by atoms with van der Waals surface area (Å²) in [5.74, 6) is 0.360. The van der Waals surface area contributed by atoms with Crippen LogP contribution in [0, 0.1) is 0 Å². The van der Waals surface area contributed by atoms with Gasteiger partial charge in [-0.3, -0.25) is 4.79 Å². The van der Waals surface area contributed by atoms with Gasteiger partial charge < -0.3 is 20.9 Å². The van der Waals surface area contributed by atoms with Crippen molar-refractivity contribution in [1.82, 2.24) is 5.32 Å². The molecule has 5 heteroatoms. The second-order valence-corrected chi connectivity index (χ2v) is 6.29. The molecule has 0 radical (unpaired) electrons. The summed E-state index contributed by atoms with van der Waals surface area (Å²) in [4.78, 5) is 11.8. The first kappa shape index (κ1) is 18.0. The fourth-order valence-electron chi connectivity index (χ4n) is 2.09. The van der Waals surface area contributed by atoms with Crippen molar-refractivity contribution in [3.8, 4) is 5.75 Å². The number of hydrogen-bond acceptors (Lipinski definition) is 4. The monoisotopic (exact) mass is 328 g/mol. The molecule has 0 aliphatic heterocycles. The van der Waals surface area contributed by atoms with Crippen molar-refractivity contribution in [3.63, 3.8) is 0 Å². The molecule has 5 nitrogen and oxygen atoms in total. The lowest BCUT2D eigenvalue weighted by molar-refractivity contribution is -0.125. The van der Waals surface area contributed by atoms with Crippen LogP contribution in [0.3, 0.4) is 0 Å². The Balaban J connectivity index is 1.93. The van der Waals surface area contributed by atoms with Crippen LogP contribution >= 0.6 is 0 Å². The minimum atomic E-state index is -0.972. The Labute approximate surface area is 142 Å². The van der Waals surface area contributed by atoms with Crippen LogP contribution < -0.4 is 15.8 Å². The molecular weight excluding hydrogens is 304 g/mol. The average Bonchev–Trinajstić information content (AvgIpc) is 2.58. The Morgan fingerprint density at radius 3 is 2.58 bits per heavy atom. The summed E-state index contributed by atoms with van der Waals surface area (Å²) < 4.78 is 5.74. The predicted octanol–water partition coefficient (Wildman–Crippen LogP) is 2.15. The van der Waals surface area contributed by atoms with Gasteiger partial charge in [-0.25, -0.2) is 0 Å². The van der Waals surface area contributed by atoms with Crippen molar-refractivity contribution in [2.45, 2.75) is 32.1 Å². The Bertz CT molecular complexity index is 666. The highest BCUT2D eigenvalue weighted by Crippen LogP contribution is 2.20. The van der Waals surface area contributed by atoms with E-state index in [0.717, 1.165) is 5.56 Å². The minimum absolute atomic E-state index is 0.0988. The highest BCUT2D eigenvalue weighted by atomic mass is 16.5. The molecule has 0 saturated heterocycles. The molecule has 0 spiro atoms. The number of rotatable bonds is 7. The number of carbonyl (C=O) groups is 1. The van der Waals surface area contributed by atoms with Gasteiger partial charge in [-0.1, -0.05) is 42.5 Å². The summed E-state index contributed by atoms with van der Waals surface area (Å²) in [6, 6.07) is 17.1. The smallest absolute Gasteiger partial charge is 0.239 e. The first-order valence-corrected chi connectivity index (χ1v) is 7.88. The molecule has 0 aromatic heterocycles. The Kier molecular flexibility index (Phi) is 5.95. The zero-order valence-corrected chi connectivity index (χ0v) is 14.0. The number of carbonyl (C=O) groups excluding carboxylic acids is 1. The van der Waals surface area contributed by atoms with E-state index in [-0.39, 0.29) is 12.5 Å². The number of nitrogens with one attached hydrogen (secondary N) is 1. The number of aliphatic hydroxyl groups is 1. The summed E-state index contributed by atoms with van der Waals surface area (Å²) in [7, 11) is 0. The van der Waals surface area contributed by atoms with E-state index >= 15 is 0 Å². The number of benzene rings is 2. The number of amides is 1. The van der Waals surface area contributed by atoms with Crippen LogP contribution in [-0.4, -0.2) is 23.1 Å². The van der Waals surface area contributed by atoms with E-state index in [1.807, 2.05) is 42.5 Å². The first-order chi connectivity index (χ1) is 11.4. The van der Waals surface area contributed by atoms with Gasteiger partial charge in [0.05, 0.1) is 11.6 Å². The maximum atomic E-state index is 11.8. The van der Waals surface area contributed by atoms with Crippen LogP contribution in [0.2, 0.25) is 0 Å². The lowest BCUT2D eigenvalue weighted by atomic mass is 10.1. The van der Waals surface area contributed by atoms with E-state index < -0.39 is 11.6 Å². The molecule has 1 atom stereocenters. The molecule has 0 aliphatic rings. The summed E-state index contributed by atoms with van der Waals surface area (Å²) in [6.07, 6.45) is -0.823. The normalized spacial score (nSPS) is 12.5. The number of hydrogen-bond donors (Lipinski definition) is 3. The molecule has 24 heavy (non-hydrogen) atoms. The van der Waals surface area contributed by atoms with Crippen molar-refractivity contribution < 1.29 is 14.6 Å². The largest absolute Gasteiger partial charge is 0.489 e. The molecule has 2 rings (SSSR count). The van der Waals surface area contributed by atoms with E-state index in [9.17, 15) is 9.90 Å². The molecule has 2 aromatic carbocycles. The third-order valence-corrected chi connectivity index (χ3v) is 3.53. The van der Waals surface area contributed by atoms with Gasteiger partial charge in [0, 0.05) is 6.54 Å². The molecule has 128 valence electrons. The first-order valence-electron chi connectivity index (χ1n) is 7.88. The van der Waals surface area contributed by atoms with Gasteiger partial charge in [-0.2, -0.15) is 0 Å². The van der Waals surface area contributed by atoms with Gasteiger partial charge in [-0.15, -0.1) is 0 Å². The van der Waals surface area contributed by atoms with Gasteiger partial charge >= 0.3 is 0 Å². The van der Waals surface area contributed by atoms with Crippen molar-refractivity contribution in [1.29, 1.82) is 0 Å². The Hall–Kier alpha value is -2.37. The van der Waals surface area contributed by atoms with Gasteiger partial charge in [-0.05, 0) is 37.1 Å². The van der Waals surface area contributed by atoms with Crippen LogP contribution in [0.25, 0.3) is 0 Å². The summed E-state index contributed by atoms with van der Waals surface area (Å²) >= 11 is 0. The van der Waals surface area contributed by atoms with Gasteiger partial charge in [0.25, 0.3) is 0 Å². The molecule has 0 saturated carbocycles. The summed E-state index contributed by atoms with van der Waals surface area (Å²) in [6.45, 7) is 3.79. The van der Waals surface area contributed by atoms with E-state index in [2.05, 4.69) is 5.32 Å². The van der Waals surface area contributed by atoms with Crippen LogP contribution in [0.15, 0.2) is 54.6 Å². The zero-order chi connectivity index (χ0) is 17.6. The number of ether oxygens (including phenoxy) is 1. The quantitative estimate of drug-likeness (QED) is 0.727. The van der Waals surface area contributed by atoms with Crippen LogP contribution in [0.4, 0.5) is 0 Å². The molecular formula is C19H24N2O3. The zero-order valence-electron chi connectivity index (χ0n) is 14.0. The molecule has 0 aliphatic carbocycles. The second kappa shape index (κ2) is 7.95. The van der Waals surface area contributed by atoms with E-state index in [4.69, 9.17) is 10.5 Å². The third kappa shape index (κ3) is 5.37. The van der Waals surface area contributed by atoms with Crippen molar-refractivity contribution in [3.05, 3.63) is 65.7 Å². The third-order valence-electron chi connectivity index (χ3n) is 3.53. The maximum absolute atomic E-state index is 11.8. The number of nitrogens with two attached hydrogens (primary N) is 1. The highest BCUT2D eigenvalue weighted by molar-refractivity contribution is 5.85. The Morgan fingerprint density at radius 2 is 1.92 bits per heavy atom. The van der Waals surface area contributed by atoms with Crippen molar-refractivity contribution in [2.75, 3.05) is 6.54 Å². The van der Waals surface area contributed by atoms with Gasteiger partial charge in [0.2, 0.25) is 5.91 Å². The number of aliphatic hydroxyl groups excluding tert-OH is 1. The maximum Gasteiger partial charge on any atom is 0.239 e. The van der Waals surface area contributed by atoms with Gasteiger partial charge in [0.1, 0.15) is 12.4 Å². The predicted molar refractivity (Wildman–Crippen MR) is 93.5 cm³/mol. The molecule has 0 bridgehead atoms. The minimum Gasteiger partial charge on any atom is -0.489 e. The Morgan fingerprint density at radius 1 is 1.21 bits per heavy atom. The molecule has 1 unspecified atom stereocenters. The molecule has 2 aromatic rings. The highest BCUT2D eigenvalue weighted by Gasteiger charge is 2.22. The SMILES string of the molecule is CC(C)(N)C(=O)NCC(O)c1cccc(OCc2ccccc2)c1. The second-order valence-electron chi connectivity index (χ2n) is 6.29. The van der Waals surface area contributed by atoms with Crippen LogP contribution in [0.1, 0.15) is 31.1 Å². The fourth-order valence-corrected chi connectivity index (χ4v) is 2.09. The molecule has 1 amide bonds. The molecule has 4 N–H and O–H groups in total. The van der Waals surface area contributed by atoms with E-state index in [1.54, 1.807) is 26.0 Å². The average molecular weight is 328 g/mol. The standard InChI is InChI=1S/C19H24N2O3/c1-19(2,20)18(23)21-12-17(22)15-9-6-10-16(11-15)24-13-14-7-4-3-5-8-14/h3-11,17,22H,12-13,20H2,1-2H3,(H,21,23). The fraction of sp³-hybridized carbons (Fsp3) is 0.316. The summed E-state index contributed by atoms with van der Waals surface area (Å²) in [5.41, 5.74) is 6.48. The summed E-state index contributed by atoms with van der Waals surface area (Å²) in [5, 5.41) is 12.9. The molecule has 0 heterocycles. The van der Waals surface area contributed by atoms with Crippen molar-refractivity contribution >= 4 is 5.91 Å². The van der Waals surface area contributed by atoms with E-state index in [1.165, 1.54) is 0 Å². The lowest BCUT2D eigenvalue weighted by Gasteiger charge is -2.20. The van der Waals surface area contributed by atoms with Crippen molar-refractivity contribution in [2.24, 2.45) is 5.73 Å².